The molecule has 4 nitrogen and oxygen atoms in total. The molecule has 1 unspecified atom stereocenters. The SMILES string of the molecule is NCC(Cc1c(F)cccc1F)C(=O)N1CCOCC1. The molecule has 2 rings (SSSR count). The minimum absolute atomic E-state index is 0.0226. The van der Waals surface area contributed by atoms with Crippen molar-refractivity contribution < 1.29 is 18.3 Å². The van der Waals surface area contributed by atoms with Crippen LogP contribution in [0.25, 0.3) is 0 Å². The molecule has 0 aliphatic carbocycles. The summed E-state index contributed by atoms with van der Waals surface area (Å²) in [6.07, 6.45) is -0.0226. The van der Waals surface area contributed by atoms with Crippen molar-refractivity contribution in [3.05, 3.63) is 35.4 Å². The lowest BCUT2D eigenvalue weighted by atomic mass is 9.97. The second kappa shape index (κ2) is 6.76. The van der Waals surface area contributed by atoms with E-state index in [4.69, 9.17) is 10.5 Å². The van der Waals surface area contributed by atoms with E-state index < -0.39 is 17.6 Å². The first-order chi connectivity index (χ1) is 9.63. The Morgan fingerprint density at radius 2 is 1.90 bits per heavy atom. The first-order valence-electron chi connectivity index (χ1n) is 6.63. The predicted octanol–water partition coefficient (Wildman–Crippen LogP) is 0.941. The average molecular weight is 284 g/mol. The Kier molecular flexibility index (Phi) is 5.03. The van der Waals surface area contributed by atoms with Crippen LogP contribution < -0.4 is 5.73 Å². The number of nitrogens with two attached hydrogens (primary N) is 1. The molecule has 1 atom stereocenters. The van der Waals surface area contributed by atoms with Crippen LogP contribution in [0.2, 0.25) is 0 Å². The number of halogens is 2. The molecule has 1 saturated heterocycles. The maximum Gasteiger partial charge on any atom is 0.227 e. The molecule has 110 valence electrons. The van der Waals surface area contributed by atoms with Crippen molar-refractivity contribution in [1.82, 2.24) is 4.90 Å². The molecule has 0 spiro atoms. The zero-order chi connectivity index (χ0) is 14.5. The lowest BCUT2D eigenvalue weighted by molar-refractivity contribution is -0.139. The van der Waals surface area contributed by atoms with Crippen LogP contribution in [0.15, 0.2) is 18.2 Å². The molecule has 1 aromatic carbocycles. The van der Waals surface area contributed by atoms with Crippen molar-refractivity contribution in [1.29, 1.82) is 0 Å². The number of ether oxygens (including phenoxy) is 1. The summed E-state index contributed by atoms with van der Waals surface area (Å²) in [5.74, 6) is -2.06. The highest BCUT2D eigenvalue weighted by Gasteiger charge is 2.26. The van der Waals surface area contributed by atoms with Crippen LogP contribution in [-0.4, -0.2) is 43.7 Å². The number of benzene rings is 1. The molecule has 0 bridgehead atoms. The highest BCUT2D eigenvalue weighted by Crippen LogP contribution is 2.18. The minimum atomic E-state index is -0.641. The molecule has 1 aliphatic rings. The summed E-state index contributed by atoms with van der Waals surface area (Å²) in [5.41, 5.74) is 5.53. The number of hydrogen-bond acceptors (Lipinski definition) is 3. The third-order valence-corrected chi connectivity index (χ3v) is 3.47. The number of amides is 1. The molecule has 20 heavy (non-hydrogen) atoms. The van der Waals surface area contributed by atoms with Gasteiger partial charge in [0, 0.05) is 25.2 Å². The van der Waals surface area contributed by atoms with Gasteiger partial charge in [0.2, 0.25) is 5.91 Å². The summed E-state index contributed by atoms with van der Waals surface area (Å²) in [7, 11) is 0. The molecule has 1 heterocycles. The maximum absolute atomic E-state index is 13.6. The van der Waals surface area contributed by atoms with Gasteiger partial charge in [-0.05, 0) is 18.6 Å². The van der Waals surface area contributed by atoms with Crippen molar-refractivity contribution >= 4 is 5.91 Å². The number of carbonyl (C=O) groups is 1. The summed E-state index contributed by atoms with van der Waals surface area (Å²) in [4.78, 5) is 13.9. The smallest absolute Gasteiger partial charge is 0.227 e. The topological polar surface area (TPSA) is 55.6 Å². The number of nitrogens with zero attached hydrogens (tertiary/aromatic N) is 1. The molecular weight excluding hydrogens is 266 g/mol. The first-order valence-corrected chi connectivity index (χ1v) is 6.63. The van der Waals surface area contributed by atoms with Crippen molar-refractivity contribution in [2.45, 2.75) is 6.42 Å². The highest BCUT2D eigenvalue weighted by atomic mass is 19.1. The molecule has 0 saturated carbocycles. The largest absolute Gasteiger partial charge is 0.378 e. The van der Waals surface area contributed by atoms with E-state index in [9.17, 15) is 13.6 Å². The Morgan fingerprint density at radius 1 is 1.30 bits per heavy atom. The van der Waals surface area contributed by atoms with Crippen molar-refractivity contribution in [2.75, 3.05) is 32.8 Å². The van der Waals surface area contributed by atoms with Crippen LogP contribution in [0.3, 0.4) is 0 Å². The van der Waals surface area contributed by atoms with Gasteiger partial charge in [0.25, 0.3) is 0 Å². The van der Waals surface area contributed by atoms with Gasteiger partial charge in [-0.3, -0.25) is 4.79 Å². The molecule has 1 aromatic rings. The zero-order valence-electron chi connectivity index (χ0n) is 11.1. The lowest BCUT2D eigenvalue weighted by Gasteiger charge is -2.30. The number of morpholine rings is 1. The molecular formula is C14H18F2N2O2. The van der Waals surface area contributed by atoms with Crippen LogP contribution in [-0.2, 0) is 16.0 Å². The van der Waals surface area contributed by atoms with E-state index in [0.717, 1.165) is 0 Å². The van der Waals surface area contributed by atoms with Crippen LogP contribution in [0, 0.1) is 17.6 Å². The standard InChI is InChI=1S/C14H18F2N2O2/c15-12-2-1-3-13(16)11(12)8-10(9-17)14(19)18-4-6-20-7-5-18/h1-3,10H,4-9,17H2. The van der Waals surface area contributed by atoms with E-state index in [0.29, 0.717) is 26.3 Å². The Labute approximate surface area is 116 Å². The van der Waals surface area contributed by atoms with E-state index in [2.05, 4.69) is 0 Å². The van der Waals surface area contributed by atoms with Gasteiger partial charge in [-0.25, -0.2) is 8.78 Å². The Hall–Kier alpha value is -1.53. The molecule has 6 heteroatoms. The summed E-state index contributed by atoms with van der Waals surface area (Å²) < 4.78 is 32.4. The summed E-state index contributed by atoms with van der Waals surface area (Å²) >= 11 is 0. The molecule has 1 amide bonds. The number of rotatable bonds is 4. The molecule has 0 aromatic heterocycles. The monoisotopic (exact) mass is 284 g/mol. The number of carbonyl (C=O) groups excluding carboxylic acids is 1. The van der Waals surface area contributed by atoms with Crippen molar-refractivity contribution in [2.24, 2.45) is 11.7 Å². The van der Waals surface area contributed by atoms with Gasteiger partial charge in [0.15, 0.2) is 0 Å². The van der Waals surface area contributed by atoms with Crippen LogP contribution in [0.1, 0.15) is 5.56 Å². The number of hydrogen-bond donors (Lipinski definition) is 1. The van der Waals surface area contributed by atoms with Crippen LogP contribution in [0.4, 0.5) is 8.78 Å². The summed E-state index contributed by atoms with van der Waals surface area (Å²) in [6, 6.07) is 3.67. The first kappa shape index (κ1) is 14.9. The van der Waals surface area contributed by atoms with E-state index in [1.807, 2.05) is 0 Å². The average Bonchev–Trinajstić information content (AvgIpc) is 2.47. The molecule has 1 fully saturated rings. The van der Waals surface area contributed by atoms with Gasteiger partial charge in [0.05, 0.1) is 19.1 Å². The Morgan fingerprint density at radius 3 is 2.45 bits per heavy atom. The van der Waals surface area contributed by atoms with E-state index in [1.54, 1.807) is 4.90 Å². The van der Waals surface area contributed by atoms with Gasteiger partial charge in [0.1, 0.15) is 11.6 Å². The van der Waals surface area contributed by atoms with E-state index >= 15 is 0 Å². The fraction of sp³-hybridized carbons (Fsp3) is 0.500. The molecule has 0 radical (unpaired) electrons. The van der Waals surface area contributed by atoms with Crippen LogP contribution >= 0.6 is 0 Å². The quantitative estimate of drug-likeness (QED) is 0.895. The summed E-state index contributed by atoms with van der Waals surface area (Å²) in [5, 5.41) is 0. The fourth-order valence-corrected chi connectivity index (χ4v) is 2.29. The zero-order valence-corrected chi connectivity index (χ0v) is 11.1. The van der Waals surface area contributed by atoms with E-state index in [-0.39, 0.29) is 24.4 Å². The Balaban J connectivity index is 2.10. The normalized spacial score (nSPS) is 17.1. The third kappa shape index (κ3) is 3.32. The highest BCUT2D eigenvalue weighted by molar-refractivity contribution is 5.79. The summed E-state index contributed by atoms with van der Waals surface area (Å²) in [6.45, 7) is 2.02. The molecule has 2 N–H and O–H groups in total. The van der Waals surface area contributed by atoms with Gasteiger partial charge >= 0.3 is 0 Å². The lowest BCUT2D eigenvalue weighted by Crippen LogP contribution is -2.46. The van der Waals surface area contributed by atoms with Crippen molar-refractivity contribution in [3.63, 3.8) is 0 Å². The maximum atomic E-state index is 13.6. The van der Waals surface area contributed by atoms with Gasteiger partial charge in [-0.15, -0.1) is 0 Å². The Bertz CT molecular complexity index is 456. The van der Waals surface area contributed by atoms with Crippen LogP contribution in [0.5, 0.6) is 0 Å². The fourth-order valence-electron chi connectivity index (χ4n) is 2.29. The molecule has 1 aliphatic heterocycles. The third-order valence-electron chi connectivity index (χ3n) is 3.47. The van der Waals surface area contributed by atoms with E-state index in [1.165, 1.54) is 18.2 Å². The second-order valence-corrected chi connectivity index (χ2v) is 4.77. The van der Waals surface area contributed by atoms with Gasteiger partial charge in [-0.2, -0.15) is 0 Å². The predicted molar refractivity (Wildman–Crippen MR) is 70.0 cm³/mol. The van der Waals surface area contributed by atoms with Gasteiger partial charge < -0.3 is 15.4 Å². The minimum Gasteiger partial charge on any atom is -0.378 e. The van der Waals surface area contributed by atoms with Gasteiger partial charge in [-0.1, -0.05) is 6.07 Å². The van der Waals surface area contributed by atoms with Crippen molar-refractivity contribution in [3.8, 4) is 0 Å². The second-order valence-electron chi connectivity index (χ2n) is 4.77.